The Hall–Kier alpha value is -2.10. The maximum atomic E-state index is 12.6. The van der Waals surface area contributed by atoms with Crippen LogP contribution in [0.3, 0.4) is 0 Å². The minimum absolute atomic E-state index is 0.135. The number of benzene rings is 1. The van der Waals surface area contributed by atoms with Gasteiger partial charge in [0.25, 0.3) is 5.91 Å². The number of thiol groups is 1. The van der Waals surface area contributed by atoms with Gasteiger partial charge in [-0.1, -0.05) is 12.8 Å². The zero-order valence-corrected chi connectivity index (χ0v) is 13.6. The highest BCUT2D eigenvalue weighted by Gasteiger charge is 2.39. The monoisotopic (exact) mass is 348 g/mol. The number of hydrazine groups is 1. The van der Waals surface area contributed by atoms with Gasteiger partial charge >= 0.3 is 0 Å². The Morgan fingerprint density at radius 2 is 2.04 bits per heavy atom. The van der Waals surface area contributed by atoms with E-state index < -0.39 is 11.9 Å². The third kappa shape index (κ3) is 2.64. The molecule has 9 heteroatoms. The first-order chi connectivity index (χ1) is 11.5. The summed E-state index contributed by atoms with van der Waals surface area (Å²) >= 11 is 4.10. The van der Waals surface area contributed by atoms with Gasteiger partial charge in [-0.15, -0.1) is 0 Å². The number of fused-ring (bicyclic) bond motifs is 1. The molecule has 2 unspecified atom stereocenters. The van der Waals surface area contributed by atoms with Crippen LogP contribution in [0.5, 0.6) is 5.75 Å². The minimum atomic E-state index is -0.599. The van der Waals surface area contributed by atoms with Crippen molar-refractivity contribution in [3.8, 4) is 5.75 Å². The molecule has 126 valence electrons. The first-order valence-corrected chi connectivity index (χ1v) is 8.08. The first kappa shape index (κ1) is 15.4. The maximum Gasteiger partial charge on any atom is 0.255 e. The van der Waals surface area contributed by atoms with Crippen molar-refractivity contribution in [1.29, 1.82) is 0 Å². The standard InChI is InChI=1S/C15H16N4O4S/c20-12-4-3-11(14(21)16-12)18-6-8-5-9(1-2-10(8)15(18)22)23-13-7-19(24)17-13/h1-2,5,11,13,17,24H,3-4,6-7H2,(H,16,20,21). The fourth-order valence-electron chi connectivity index (χ4n) is 3.16. The maximum absolute atomic E-state index is 12.6. The average Bonchev–Trinajstić information content (AvgIpc) is 2.82. The molecule has 24 heavy (non-hydrogen) atoms. The lowest BCUT2D eigenvalue weighted by atomic mass is 10.0. The predicted octanol–water partition coefficient (Wildman–Crippen LogP) is -0.182. The van der Waals surface area contributed by atoms with E-state index in [-0.39, 0.29) is 24.5 Å². The van der Waals surface area contributed by atoms with Crippen LogP contribution in [-0.2, 0) is 16.1 Å². The van der Waals surface area contributed by atoms with E-state index in [9.17, 15) is 14.4 Å². The lowest BCUT2D eigenvalue weighted by Gasteiger charge is -2.35. The van der Waals surface area contributed by atoms with E-state index in [0.717, 1.165) is 5.56 Å². The summed E-state index contributed by atoms with van der Waals surface area (Å²) in [5, 5.41) is 2.29. The number of hydrogen-bond acceptors (Lipinski definition) is 7. The van der Waals surface area contributed by atoms with Crippen LogP contribution in [0.15, 0.2) is 18.2 Å². The van der Waals surface area contributed by atoms with Gasteiger partial charge in [0, 0.05) is 18.5 Å². The number of amides is 3. The summed E-state index contributed by atoms with van der Waals surface area (Å²) in [4.78, 5) is 37.4. The zero-order valence-electron chi connectivity index (χ0n) is 12.7. The predicted molar refractivity (Wildman–Crippen MR) is 85.7 cm³/mol. The molecule has 0 aromatic heterocycles. The molecule has 0 saturated carbocycles. The summed E-state index contributed by atoms with van der Waals surface area (Å²) in [7, 11) is 0. The van der Waals surface area contributed by atoms with Crippen LogP contribution in [-0.4, -0.2) is 45.9 Å². The fraction of sp³-hybridized carbons (Fsp3) is 0.400. The molecule has 2 N–H and O–H groups in total. The lowest BCUT2D eigenvalue weighted by Crippen LogP contribution is -2.59. The van der Waals surface area contributed by atoms with E-state index in [4.69, 9.17) is 4.74 Å². The zero-order chi connectivity index (χ0) is 16.8. The molecule has 3 amide bonds. The quantitative estimate of drug-likeness (QED) is 0.518. The number of nitrogens with zero attached hydrogens (tertiary/aromatic N) is 2. The molecule has 0 spiro atoms. The van der Waals surface area contributed by atoms with E-state index >= 15 is 0 Å². The first-order valence-electron chi connectivity index (χ1n) is 7.68. The summed E-state index contributed by atoms with van der Waals surface area (Å²) in [5.74, 6) is -0.223. The van der Waals surface area contributed by atoms with Crippen LogP contribution in [0.25, 0.3) is 0 Å². The molecule has 0 radical (unpaired) electrons. The largest absolute Gasteiger partial charge is 0.473 e. The van der Waals surface area contributed by atoms with E-state index in [1.165, 1.54) is 4.90 Å². The highest BCUT2D eigenvalue weighted by molar-refractivity contribution is 7.77. The Kier molecular flexibility index (Phi) is 3.70. The van der Waals surface area contributed by atoms with E-state index in [0.29, 0.717) is 30.8 Å². The summed E-state index contributed by atoms with van der Waals surface area (Å²) in [6.07, 6.45) is 0.472. The number of hydrogen-bond donors (Lipinski definition) is 3. The number of rotatable bonds is 3. The summed E-state index contributed by atoms with van der Waals surface area (Å²) in [6, 6.07) is 4.68. The second-order valence-electron chi connectivity index (χ2n) is 6.04. The van der Waals surface area contributed by atoms with Crippen LogP contribution >= 0.6 is 12.8 Å². The third-order valence-electron chi connectivity index (χ3n) is 4.41. The van der Waals surface area contributed by atoms with Crippen molar-refractivity contribution in [2.45, 2.75) is 31.7 Å². The second kappa shape index (κ2) is 5.76. The molecule has 1 aromatic carbocycles. The molecule has 2 fully saturated rings. The molecule has 3 aliphatic rings. The number of piperidine rings is 1. The van der Waals surface area contributed by atoms with Crippen LogP contribution in [0.2, 0.25) is 0 Å². The second-order valence-corrected chi connectivity index (χ2v) is 6.52. The van der Waals surface area contributed by atoms with E-state index in [1.807, 2.05) is 6.07 Å². The number of carbonyl (C=O) groups is 3. The van der Waals surface area contributed by atoms with Crippen molar-refractivity contribution < 1.29 is 19.1 Å². The van der Waals surface area contributed by atoms with Crippen molar-refractivity contribution in [1.82, 2.24) is 20.1 Å². The van der Waals surface area contributed by atoms with Crippen LogP contribution in [0.4, 0.5) is 0 Å². The Morgan fingerprint density at radius 1 is 1.25 bits per heavy atom. The lowest BCUT2D eigenvalue weighted by molar-refractivity contribution is -0.136. The van der Waals surface area contributed by atoms with Gasteiger partial charge < -0.3 is 9.64 Å². The van der Waals surface area contributed by atoms with Crippen molar-refractivity contribution in [2.24, 2.45) is 0 Å². The molecule has 0 aliphatic carbocycles. The van der Waals surface area contributed by atoms with Gasteiger partial charge in [-0.3, -0.25) is 19.7 Å². The van der Waals surface area contributed by atoms with E-state index in [2.05, 4.69) is 23.6 Å². The van der Waals surface area contributed by atoms with Gasteiger partial charge in [-0.05, 0) is 30.2 Å². The molecule has 3 aliphatic heterocycles. The minimum Gasteiger partial charge on any atom is -0.473 e. The van der Waals surface area contributed by atoms with Crippen molar-refractivity contribution >= 4 is 30.5 Å². The highest BCUT2D eigenvalue weighted by atomic mass is 32.1. The molecule has 8 nitrogen and oxygen atoms in total. The number of nitrogens with one attached hydrogen (secondary N) is 2. The summed E-state index contributed by atoms with van der Waals surface area (Å²) < 4.78 is 7.36. The number of carbonyl (C=O) groups excluding carboxylic acids is 3. The van der Waals surface area contributed by atoms with Crippen molar-refractivity contribution in [2.75, 3.05) is 6.54 Å². The topological polar surface area (TPSA) is 91.0 Å². The Labute approximate surface area is 143 Å². The summed E-state index contributed by atoms with van der Waals surface area (Å²) in [5.41, 5.74) is 4.35. The third-order valence-corrected chi connectivity index (χ3v) is 4.68. The molecule has 3 heterocycles. The van der Waals surface area contributed by atoms with Crippen LogP contribution in [0.1, 0.15) is 28.8 Å². The van der Waals surface area contributed by atoms with Crippen LogP contribution < -0.4 is 15.5 Å². The Morgan fingerprint density at radius 3 is 2.75 bits per heavy atom. The van der Waals surface area contributed by atoms with Crippen molar-refractivity contribution in [3.05, 3.63) is 29.3 Å². The number of imide groups is 1. The Bertz CT molecular complexity index is 734. The van der Waals surface area contributed by atoms with Gasteiger partial charge in [-0.25, -0.2) is 5.43 Å². The molecule has 2 saturated heterocycles. The molecule has 0 bridgehead atoms. The van der Waals surface area contributed by atoms with Crippen LogP contribution in [0, 0.1) is 0 Å². The number of ether oxygens (including phenoxy) is 1. The smallest absolute Gasteiger partial charge is 0.255 e. The van der Waals surface area contributed by atoms with Gasteiger partial charge in [0.05, 0.1) is 6.54 Å². The SMILES string of the molecule is O=C1CCC(N2Cc3cc(OC4CN(S)N4)ccc3C2=O)C(=O)N1. The van der Waals surface area contributed by atoms with Gasteiger partial charge in [0.15, 0.2) is 6.23 Å². The molecular formula is C15H16N4O4S. The highest BCUT2D eigenvalue weighted by Crippen LogP contribution is 2.30. The normalized spacial score (nSPS) is 26.9. The average molecular weight is 348 g/mol. The molecular weight excluding hydrogens is 332 g/mol. The van der Waals surface area contributed by atoms with Gasteiger partial charge in [0.1, 0.15) is 11.8 Å². The van der Waals surface area contributed by atoms with E-state index in [1.54, 1.807) is 16.5 Å². The van der Waals surface area contributed by atoms with Gasteiger partial charge in [0.2, 0.25) is 11.8 Å². The molecule has 1 aromatic rings. The Balaban J connectivity index is 1.49. The molecule has 2 atom stereocenters. The fourth-order valence-corrected chi connectivity index (χ4v) is 3.43. The van der Waals surface area contributed by atoms with Gasteiger partial charge in [-0.2, -0.15) is 4.41 Å². The molecule has 4 rings (SSSR count). The van der Waals surface area contributed by atoms with Crippen molar-refractivity contribution in [3.63, 3.8) is 0 Å². The summed E-state index contributed by atoms with van der Waals surface area (Å²) in [6.45, 7) is 0.996.